The molecule has 3 heteroatoms. The van der Waals surface area contributed by atoms with Crippen LogP contribution in [0.5, 0.6) is 5.75 Å². The molecule has 100 valence electrons. The van der Waals surface area contributed by atoms with Crippen molar-refractivity contribution in [2.45, 2.75) is 19.5 Å². The zero-order chi connectivity index (χ0) is 13.7. The second kappa shape index (κ2) is 6.60. The molecule has 2 aromatic rings. The molecule has 0 aliphatic carbocycles. The Labute approximate surface area is 119 Å². The summed E-state index contributed by atoms with van der Waals surface area (Å²) in [7, 11) is 1.70. The smallest absolute Gasteiger partial charge is 0.123 e. The maximum atomic E-state index is 5.89. The van der Waals surface area contributed by atoms with Crippen LogP contribution in [0.15, 0.2) is 48.5 Å². The lowest BCUT2D eigenvalue weighted by molar-refractivity contribution is 0.406. The standard InChI is InChI=1S/C16H18ClNO/c1-12(13-7-9-15(17)10-8-13)18-11-14-5-3-4-6-16(14)19-2/h3-10,12,18H,11H2,1-2H3/t12-/m1/s1. The number of hydrogen-bond acceptors (Lipinski definition) is 2. The zero-order valence-corrected chi connectivity index (χ0v) is 11.9. The van der Waals surface area contributed by atoms with E-state index < -0.39 is 0 Å². The van der Waals surface area contributed by atoms with Crippen LogP contribution < -0.4 is 10.1 Å². The van der Waals surface area contributed by atoms with Crippen molar-refractivity contribution in [3.05, 3.63) is 64.7 Å². The largest absolute Gasteiger partial charge is 0.496 e. The van der Waals surface area contributed by atoms with Gasteiger partial charge in [0.05, 0.1) is 7.11 Å². The van der Waals surface area contributed by atoms with Crippen molar-refractivity contribution in [2.75, 3.05) is 7.11 Å². The van der Waals surface area contributed by atoms with Crippen LogP contribution in [0, 0.1) is 0 Å². The molecule has 0 aliphatic heterocycles. The summed E-state index contributed by atoms with van der Waals surface area (Å²) in [6.07, 6.45) is 0. The van der Waals surface area contributed by atoms with Gasteiger partial charge in [0.2, 0.25) is 0 Å². The summed E-state index contributed by atoms with van der Waals surface area (Å²) in [5.41, 5.74) is 2.38. The van der Waals surface area contributed by atoms with Crippen LogP contribution in [0.3, 0.4) is 0 Å². The monoisotopic (exact) mass is 275 g/mol. The van der Waals surface area contributed by atoms with Gasteiger partial charge < -0.3 is 10.1 Å². The number of benzene rings is 2. The topological polar surface area (TPSA) is 21.3 Å². The third-order valence-electron chi connectivity index (χ3n) is 3.16. The maximum absolute atomic E-state index is 5.89. The summed E-state index contributed by atoms with van der Waals surface area (Å²) in [6.45, 7) is 2.91. The molecule has 1 N–H and O–H groups in total. The Morgan fingerprint density at radius 3 is 2.47 bits per heavy atom. The van der Waals surface area contributed by atoms with Crippen molar-refractivity contribution in [3.8, 4) is 5.75 Å². The fourth-order valence-electron chi connectivity index (χ4n) is 1.98. The SMILES string of the molecule is COc1ccccc1CN[C@H](C)c1ccc(Cl)cc1. The molecule has 0 fully saturated rings. The van der Waals surface area contributed by atoms with Crippen molar-refractivity contribution < 1.29 is 4.74 Å². The summed E-state index contributed by atoms with van der Waals surface area (Å²) in [5.74, 6) is 0.915. The first-order chi connectivity index (χ1) is 9.20. The van der Waals surface area contributed by atoms with Crippen molar-refractivity contribution in [3.63, 3.8) is 0 Å². The molecule has 0 unspecified atom stereocenters. The minimum Gasteiger partial charge on any atom is -0.496 e. The summed E-state index contributed by atoms with van der Waals surface area (Å²) < 4.78 is 5.34. The van der Waals surface area contributed by atoms with Gasteiger partial charge in [-0.05, 0) is 30.7 Å². The molecule has 2 rings (SSSR count). The summed E-state index contributed by atoms with van der Waals surface area (Å²) >= 11 is 5.89. The number of para-hydroxylation sites is 1. The van der Waals surface area contributed by atoms with E-state index in [4.69, 9.17) is 16.3 Å². The molecule has 0 saturated heterocycles. The molecule has 0 heterocycles. The highest BCUT2D eigenvalue weighted by Gasteiger charge is 2.06. The molecule has 2 nitrogen and oxygen atoms in total. The zero-order valence-electron chi connectivity index (χ0n) is 11.2. The number of nitrogens with one attached hydrogen (secondary N) is 1. The lowest BCUT2D eigenvalue weighted by atomic mass is 10.1. The van der Waals surface area contributed by atoms with E-state index in [1.165, 1.54) is 5.56 Å². The average Bonchev–Trinajstić information content (AvgIpc) is 2.45. The van der Waals surface area contributed by atoms with Gasteiger partial charge in [-0.15, -0.1) is 0 Å². The predicted octanol–water partition coefficient (Wildman–Crippen LogP) is 4.20. The number of hydrogen-bond donors (Lipinski definition) is 1. The van der Waals surface area contributed by atoms with Gasteiger partial charge in [-0.2, -0.15) is 0 Å². The summed E-state index contributed by atoms with van der Waals surface area (Å²) in [6, 6.07) is 16.2. The Balaban J connectivity index is 2.00. The van der Waals surface area contributed by atoms with E-state index in [0.29, 0.717) is 0 Å². The fourth-order valence-corrected chi connectivity index (χ4v) is 2.11. The van der Waals surface area contributed by atoms with Crippen LogP contribution in [-0.4, -0.2) is 7.11 Å². The van der Waals surface area contributed by atoms with Crippen LogP contribution in [0.2, 0.25) is 5.02 Å². The highest BCUT2D eigenvalue weighted by molar-refractivity contribution is 6.30. The van der Waals surface area contributed by atoms with Gasteiger partial charge in [0.25, 0.3) is 0 Å². The molecule has 0 aliphatic rings. The van der Waals surface area contributed by atoms with Crippen LogP contribution in [0.1, 0.15) is 24.1 Å². The lowest BCUT2D eigenvalue weighted by Crippen LogP contribution is -2.18. The molecule has 0 radical (unpaired) electrons. The number of rotatable bonds is 5. The highest BCUT2D eigenvalue weighted by Crippen LogP contribution is 2.20. The first kappa shape index (κ1) is 13.9. The summed E-state index contributed by atoms with van der Waals surface area (Å²) in [4.78, 5) is 0. The Kier molecular flexibility index (Phi) is 4.83. The van der Waals surface area contributed by atoms with Gasteiger partial charge >= 0.3 is 0 Å². The lowest BCUT2D eigenvalue weighted by Gasteiger charge is -2.15. The molecule has 1 atom stereocenters. The first-order valence-electron chi connectivity index (χ1n) is 6.31. The van der Waals surface area contributed by atoms with Gasteiger partial charge in [-0.1, -0.05) is 41.9 Å². The van der Waals surface area contributed by atoms with E-state index in [0.717, 1.165) is 22.9 Å². The fraction of sp³-hybridized carbons (Fsp3) is 0.250. The van der Waals surface area contributed by atoms with E-state index in [9.17, 15) is 0 Å². The molecule has 0 spiro atoms. The van der Waals surface area contributed by atoms with Gasteiger partial charge in [-0.3, -0.25) is 0 Å². The van der Waals surface area contributed by atoms with Crippen molar-refractivity contribution in [1.82, 2.24) is 5.32 Å². The van der Waals surface area contributed by atoms with Crippen LogP contribution in [0.25, 0.3) is 0 Å². The highest BCUT2D eigenvalue weighted by atomic mass is 35.5. The molecular weight excluding hydrogens is 258 g/mol. The van der Waals surface area contributed by atoms with Crippen molar-refractivity contribution >= 4 is 11.6 Å². The van der Waals surface area contributed by atoms with Crippen LogP contribution in [-0.2, 0) is 6.54 Å². The predicted molar refractivity (Wildman–Crippen MR) is 79.7 cm³/mol. The molecule has 0 aromatic heterocycles. The Morgan fingerprint density at radius 2 is 1.79 bits per heavy atom. The minimum atomic E-state index is 0.266. The van der Waals surface area contributed by atoms with Crippen LogP contribution >= 0.6 is 11.6 Å². The Bertz CT molecular complexity index is 525. The first-order valence-corrected chi connectivity index (χ1v) is 6.69. The van der Waals surface area contributed by atoms with Gasteiger partial charge in [0, 0.05) is 23.2 Å². The van der Waals surface area contributed by atoms with E-state index in [2.05, 4.69) is 18.3 Å². The second-order valence-electron chi connectivity index (χ2n) is 4.47. The minimum absolute atomic E-state index is 0.266. The van der Waals surface area contributed by atoms with Crippen molar-refractivity contribution in [2.24, 2.45) is 0 Å². The molecule has 19 heavy (non-hydrogen) atoms. The van der Waals surface area contributed by atoms with E-state index in [-0.39, 0.29) is 6.04 Å². The summed E-state index contributed by atoms with van der Waals surface area (Å²) in [5, 5.41) is 4.25. The van der Waals surface area contributed by atoms with Gasteiger partial charge in [-0.25, -0.2) is 0 Å². The normalized spacial score (nSPS) is 12.2. The molecule has 2 aromatic carbocycles. The Hall–Kier alpha value is -1.51. The number of methoxy groups -OCH3 is 1. The second-order valence-corrected chi connectivity index (χ2v) is 4.90. The third kappa shape index (κ3) is 3.72. The van der Waals surface area contributed by atoms with Gasteiger partial charge in [0.15, 0.2) is 0 Å². The molecular formula is C16H18ClNO. The van der Waals surface area contributed by atoms with E-state index in [1.807, 2.05) is 42.5 Å². The average molecular weight is 276 g/mol. The van der Waals surface area contributed by atoms with Gasteiger partial charge in [0.1, 0.15) is 5.75 Å². The quantitative estimate of drug-likeness (QED) is 0.883. The number of halogens is 1. The molecule has 0 amide bonds. The Morgan fingerprint density at radius 1 is 1.11 bits per heavy atom. The molecule has 0 saturated carbocycles. The van der Waals surface area contributed by atoms with E-state index in [1.54, 1.807) is 7.11 Å². The number of ether oxygens (including phenoxy) is 1. The van der Waals surface area contributed by atoms with Crippen LogP contribution in [0.4, 0.5) is 0 Å². The third-order valence-corrected chi connectivity index (χ3v) is 3.41. The van der Waals surface area contributed by atoms with E-state index >= 15 is 0 Å². The molecule has 0 bridgehead atoms. The maximum Gasteiger partial charge on any atom is 0.123 e. The van der Waals surface area contributed by atoms with Crippen molar-refractivity contribution in [1.29, 1.82) is 0 Å².